The van der Waals surface area contributed by atoms with Crippen molar-refractivity contribution in [3.63, 3.8) is 0 Å². The number of aromatic nitrogens is 1. The van der Waals surface area contributed by atoms with Gasteiger partial charge in [0.2, 0.25) is 0 Å². The molecule has 0 radical (unpaired) electrons. The lowest BCUT2D eigenvalue weighted by molar-refractivity contribution is 0.0832. The number of hydrogen-bond acceptors (Lipinski definition) is 4. The van der Waals surface area contributed by atoms with E-state index in [1.54, 1.807) is 11.0 Å². The van der Waals surface area contributed by atoms with E-state index in [2.05, 4.69) is 4.98 Å². The third-order valence-electron chi connectivity index (χ3n) is 5.13. The number of carbonyl (C=O) groups is 1. The Morgan fingerprint density at radius 3 is 2.85 bits per heavy atom. The van der Waals surface area contributed by atoms with Gasteiger partial charge in [0, 0.05) is 12.2 Å². The maximum absolute atomic E-state index is 13.9. The van der Waals surface area contributed by atoms with Gasteiger partial charge in [0.25, 0.3) is 0 Å². The van der Waals surface area contributed by atoms with Crippen LogP contribution < -0.4 is 0 Å². The molecule has 2 unspecified atom stereocenters. The Morgan fingerprint density at radius 2 is 2.15 bits per heavy atom. The minimum Gasteiger partial charge on any atom is -0.445 e. The van der Waals surface area contributed by atoms with Crippen molar-refractivity contribution >= 4 is 11.7 Å². The number of nitriles is 1. The minimum atomic E-state index is -0.618. The van der Waals surface area contributed by atoms with Crippen LogP contribution in [0.5, 0.6) is 0 Å². The molecule has 2 atom stereocenters. The Hall–Kier alpha value is -3.20. The third-order valence-corrected chi connectivity index (χ3v) is 5.13. The summed E-state index contributed by atoms with van der Waals surface area (Å²) in [6.07, 6.45) is 5.58. The van der Waals surface area contributed by atoms with Gasteiger partial charge in [0.1, 0.15) is 12.7 Å². The van der Waals surface area contributed by atoms with Crippen LogP contribution >= 0.6 is 0 Å². The molecule has 1 amide bonds. The molecule has 0 spiro atoms. The van der Waals surface area contributed by atoms with Crippen LogP contribution in [0.3, 0.4) is 0 Å². The van der Waals surface area contributed by atoms with Crippen LogP contribution in [0.2, 0.25) is 0 Å². The average molecular weight is 363 g/mol. The molecule has 27 heavy (non-hydrogen) atoms. The first-order chi connectivity index (χ1) is 13.2. The number of carbonyl (C=O) groups excluding carboxylic acids is 1. The van der Waals surface area contributed by atoms with E-state index in [9.17, 15) is 9.18 Å². The molecule has 1 saturated heterocycles. The van der Waals surface area contributed by atoms with Crippen molar-refractivity contribution in [2.24, 2.45) is 0 Å². The van der Waals surface area contributed by atoms with E-state index in [0.717, 1.165) is 24.0 Å². The van der Waals surface area contributed by atoms with E-state index in [-0.39, 0.29) is 30.5 Å². The predicted molar refractivity (Wildman–Crippen MR) is 96.8 cm³/mol. The highest BCUT2D eigenvalue weighted by atomic mass is 19.1. The number of benzene rings is 1. The second kappa shape index (κ2) is 7.20. The maximum Gasteiger partial charge on any atom is 0.410 e. The highest BCUT2D eigenvalue weighted by molar-refractivity contribution is 5.74. The number of nitrogens with zero attached hydrogens (tertiary/aromatic N) is 3. The highest BCUT2D eigenvalue weighted by Gasteiger charge is 2.40. The maximum atomic E-state index is 13.9. The van der Waals surface area contributed by atoms with Crippen molar-refractivity contribution in [1.29, 1.82) is 5.26 Å². The zero-order valence-electron chi connectivity index (χ0n) is 14.6. The zero-order chi connectivity index (χ0) is 18.8. The molecule has 2 aliphatic rings. The van der Waals surface area contributed by atoms with E-state index < -0.39 is 5.82 Å². The molecule has 4 rings (SSSR count). The molecule has 5 nitrogen and oxygen atoms in total. The van der Waals surface area contributed by atoms with Gasteiger partial charge < -0.3 is 4.74 Å². The summed E-state index contributed by atoms with van der Waals surface area (Å²) in [6, 6.07) is 12.6. The van der Waals surface area contributed by atoms with Gasteiger partial charge in [-0.1, -0.05) is 36.4 Å². The summed E-state index contributed by atoms with van der Waals surface area (Å²) in [6.45, 7) is 0.247. The average Bonchev–Trinajstić information content (AvgIpc) is 2.96. The van der Waals surface area contributed by atoms with Gasteiger partial charge in [-0.15, -0.1) is 0 Å². The van der Waals surface area contributed by atoms with Crippen LogP contribution in [-0.4, -0.2) is 28.1 Å². The standard InChI is InChI=1S/C21H18FN3O2/c22-19-10-16(12-24-20(19)11-23)15-8-17-6-7-18(9-15)25(17)21(26)27-13-14-4-2-1-3-5-14/h1-5,8,10,12,17-18H,6-7,9,13H2. The van der Waals surface area contributed by atoms with Crippen molar-refractivity contribution in [1.82, 2.24) is 9.88 Å². The summed E-state index contributed by atoms with van der Waals surface area (Å²) in [5, 5.41) is 8.82. The molecule has 136 valence electrons. The number of fused-ring (bicyclic) bond motifs is 2. The summed E-state index contributed by atoms with van der Waals surface area (Å²) in [4.78, 5) is 18.2. The molecule has 1 fully saturated rings. The fraction of sp³-hybridized carbons (Fsp3) is 0.286. The van der Waals surface area contributed by atoms with Crippen molar-refractivity contribution < 1.29 is 13.9 Å². The molecule has 6 heteroatoms. The smallest absolute Gasteiger partial charge is 0.410 e. The molecular formula is C21H18FN3O2. The zero-order valence-corrected chi connectivity index (χ0v) is 14.6. The Balaban J connectivity index is 1.48. The number of amides is 1. The third kappa shape index (κ3) is 3.41. The van der Waals surface area contributed by atoms with Crippen LogP contribution in [0.1, 0.15) is 36.1 Å². The number of hydrogen-bond donors (Lipinski definition) is 0. The minimum absolute atomic E-state index is 0.0389. The Labute approximate surface area is 156 Å². The monoisotopic (exact) mass is 363 g/mol. The van der Waals surface area contributed by atoms with Gasteiger partial charge in [0.05, 0.1) is 6.04 Å². The van der Waals surface area contributed by atoms with Crippen LogP contribution in [-0.2, 0) is 11.3 Å². The fourth-order valence-corrected chi connectivity index (χ4v) is 3.82. The summed E-state index contributed by atoms with van der Waals surface area (Å²) in [5.41, 5.74) is 2.38. The van der Waals surface area contributed by atoms with E-state index in [0.29, 0.717) is 12.0 Å². The molecule has 1 aromatic heterocycles. The molecule has 2 aliphatic heterocycles. The second-order valence-corrected chi connectivity index (χ2v) is 6.81. The van der Waals surface area contributed by atoms with Crippen LogP contribution in [0.25, 0.3) is 5.57 Å². The molecule has 3 heterocycles. The quantitative estimate of drug-likeness (QED) is 0.825. The van der Waals surface area contributed by atoms with Gasteiger partial charge in [-0.3, -0.25) is 4.90 Å². The molecule has 1 aromatic carbocycles. The van der Waals surface area contributed by atoms with Crippen LogP contribution in [0, 0.1) is 17.1 Å². The SMILES string of the molecule is N#Cc1ncc(C2=CC3CCC(C2)N3C(=O)OCc2ccccc2)cc1F. The first kappa shape index (κ1) is 17.2. The second-order valence-electron chi connectivity index (χ2n) is 6.81. The van der Waals surface area contributed by atoms with Crippen LogP contribution in [0.4, 0.5) is 9.18 Å². The van der Waals surface area contributed by atoms with Crippen LogP contribution in [0.15, 0.2) is 48.7 Å². The molecule has 2 bridgehead atoms. The molecule has 0 N–H and O–H groups in total. The Kier molecular flexibility index (Phi) is 4.59. The van der Waals surface area contributed by atoms with E-state index in [1.165, 1.54) is 12.3 Å². The highest BCUT2D eigenvalue weighted by Crippen LogP contribution is 2.39. The lowest BCUT2D eigenvalue weighted by Gasteiger charge is -2.33. The number of halogens is 1. The summed E-state index contributed by atoms with van der Waals surface area (Å²) in [7, 11) is 0. The van der Waals surface area contributed by atoms with Crippen molar-refractivity contribution in [3.8, 4) is 6.07 Å². The number of pyridine rings is 1. The molecule has 0 saturated carbocycles. The lowest BCUT2D eigenvalue weighted by Crippen LogP contribution is -2.43. The van der Waals surface area contributed by atoms with E-state index in [1.807, 2.05) is 36.4 Å². The van der Waals surface area contributed by atoms with Crippen molar-refractivity contribution in [2.75, 3.05) is 0 Å². The summed E-state index contributed by atoms with van der Waals surface area (Å²) in [5.74, 6) is -0.618. The summed E-state index contributed by atoms with van der Waals surface area (Å²) < 4.78 is 19.4. The Morgan fingerprint density at radius 1 is 1.33 bits per heavy atom. The molecule has 0 aliphatic carbocycles. The van der Waals surface area contributed by atoms with Gasteiger partial charge in [-0.25, -0.2) is 14.2 Å². The topological polar surface area (TPSA) is 66.2 Å². The molecule has 2 aromatic rings. The summed E-state index contributed by atoms with van der Waals surface area (Å²) >= 11 is 0. The van der Waals surface area contributed by atoms with Gasteiger partial charge >= 0.3 is 6.09 Å². The Bertz CT molecular complexity index is 936. The predicted octanol–water partition coefficient (Wildman–Crippen LogP) is 4.05. The lowest BCUT2D eigenvalue weighted by atomic mass is 9.96. The van der Waals surface area contributed by atoms with Crippen molar-refractivity contribution in [3.05, 3.63) is 71.3 Å². The van der Waals surface area contributed by atoms with Crippen molar-refractivity contribution in [2.45, 2.75) is 38.0 Å². The van der Waals surface area contributed by atoms with Gasteiger partial charge in [0.15, 0.2) is 11.5 Å². The largest absolute Gasteiger partial charge is 0.445 e. The van der Waals surface area contributed by atoms with E-state index in [4.69, 9.17) is 10.00 Å². The number of rotatable bonds is 3. The van der Waals surface area contributed by atoms with E-state index >= 15 is 0 Å². The first-order valence-electron chi connectivity index (χ1n) is 8.91. The number of ether oxygens (including phenoxy) is 1. The van der Waals surface area contributed by atoms with Gasteiger partial charge in [-0.2, -0.15) is 5.26 Å². The fourth-order valence-electron chi connectivity index (χ4n) is 3.82. The molecular weight excluding hydrogens is 345 g/mol. The van der Waals surface area contributed by atoms with Gasteiger partial charge in [-0.05, 0) is 42.0 Å². The normalized spacial score (nSPS) is 20.7. The first-order valence-corrected chi connectivity index (χ1v) is 8.91.